The number of likely N-dealkylation sites (tertiary alicyclic amines) is 1. The van der Waals surface area contributed by atoms with Gasteiger partial charge in [0, 0.05) is 34.7 Å². The molecule has 0 saturated carbocycles. The van der Waals surface area contributed by atoms with Crippen LogP contribution in [0.2, 0.25) is 0 Å². The molecule has 1 aromatic carbocycles. The Kier molecular flexibility index (Phi) is 8.22. The number of carbonyl (C=O) groups excluding carboxylic acids is 1. The fourth-order valence-corrected chi connectivity index (χ4v) is 4.23. The summed E-state index contributed by atoms with van der Waals surface area (Å²) >= 11 is 0. The molecule has 0 aliphatic carbocycles. The lowest BCUT2D eigenvalue weighted by atomic mass is 10.1. The predicted molar refractivity (Wildman–Crippen MR) is 126 cm³/mol. The highest BCUT2D eigenvalue weighted by Gasteiger charge is 2.31. The molecular weight excluding hydrogens is 386 g/mol. The minimum absolute atomic E-state index is 0.199. The average Bonchev–Trinajstić information content (AvgIpc) is 3.19. The number of hydrogen-bond acceptors (Lipinski definition) is 4. The smallest absolute Gasteiger partial charge is 0.178 e. The van der Waals surface area contributed by atoms with E-state index >= 15 is 0 Å². The molecule has 1 aromatic heterocycles. The van der Waals surface area contributed by atoms with E-state index in [1.807, 2.05) is 44.2 Å². The van der Waals surface area contributed by atoms with Crippen LogP contribution >= 0.6 is 0 Å². The zero-order valence-corrected chi connectivity index (χ0v) is 20.1. The van der Waals surface area contributed by atoms with E-state index < -0.39 is 5.60 Å². The van der Waals surface area contributed by atoms with Gasteiger partial charge in [-0.1, -0.05) is 6.92 Å². The second kappa shape index (κ2) is 10.3. The zero-order chi connectivity index (χ0) is 23.3. The summed E-state index contributed by atoms with van der Waals surface area (Å²) in [5, 5.41) is 17.5. The third kappa shape index (κ3) is 6.53. The van der Waals surface area contributed by atoms with Gasteiger partial charge in [-0.25, -0.2) is 0 Å². The van der Waals surface area contributed by atoms with E-state index in [0.29, 0.717) is 24.2 Å². The highest BCUT2D eigenvalue weighted by molar-refractivity contribution is 5.99. The lowest BCUT2D eigenvalue weighted by Gasteiger charge is -2.26. The van der Waals surface area contributed by atoms with Gasteiger partial charge in [-0.15, -0.1) is 0 Å². The van der Waals surface area contributed by atoms with Crippen molar-refractivity contribution in [3.05, 3.63) is 52.8 Å². The number of carbonyl (C=O) groups is 1. The fourth-order valence-electron chi connectivity index (χ4n) is 4.23. The first-order valence-corrected chi connectivity index (χ1v) is 11.2. The fraction of sp³-hybridized carbons (Fsp3) is 0.538. The predicted octanol–water partition coefficient (Wildman–Crippen LogP) is 5.19. The number of ketones is 1. The number of nitrogens with zero attached hydrogens (tertiary/aromatic N) is 3. The van der Waals surface area contributed by atoms with Crippen LogP contribution < -0.4 is 0 Å². The second-order valence-electron chi connectivity index (χ2n) is 9.53. The van der Waals surface area contributed by atoms with Gasteiger partial charge in [-0.05, 0) is 91.1 Å². The molecule has 2 atom stereocenters. The largest absolute Gasteiger partial charge is 0.391 e. The molecule has 0 radical (unpaired) electrons. The maximum atomic E-state index is 13.0. The molecule has 168 valence electrons. The number of rotatable bonds is 5. The van der Waals surface area contributed by atoms with Crippen molar-refractivity contribution >= 4 is 5.78 Å². The van der Waals surface area contributed by atoms with Crippen molar-refractivity contribution in [3.63, 3.8) is 0 Å². The Balaban J connectivity index is 0.000000614. The van der Waals surface area contributed by atoms with Gasteiger partial charge in [0.05, 0.1) is 23.8 Å². The number of aliphatic hydroxyl groups is 1. The number of aromatic nitrogens is 1. The summed E-state index contributed by atoms with van der Waals surface area (Å²) in [6.45, 7) is 14.2. The topological polar surface area (TPSA) is 69.3 Å². The maximum Gasteiger partial charge on any atom is 0.178 e. The van der Waals surface area contributed by atoms with Gasteiger partial charge in [0.25, 0.3) is 0 Å². The van der Waals surface area contributed by atoms with Gasteiger partial charge in [-0.3, -0.25) is 9.69 Å². The Morgan fingerprint density at radius 1 is 1.19 bits per heavy atom. The summed E-state index contributed by atoms with van der Waals surface area (Å²) in [5.41, 5.74) is 3.94. The zero-order valence-electron chi connectivity index (χ0n) is 20.1. The van der Waals surface area contributed by atoms with E-state index in [1.165, 1.54) is 12.8 Å². The summed E-state index contributed by atoms with van der Waals surface area (Å²) in [4.78, 5) is 15.4. The molecule has 1 fully saturated rings. The molecule has 3 rings (SSSR count). The SMILES string of the molecule is CC(C)(C)O.CCC1CCC(C)N1CC(=O)c1cc(C)n(-c2ccc(C#N)cc2)c1C. The lowest BCUT2D eigenvalue weighted by molar-refractivity contribution is 0.0888. The van der Waals surface area contributed by atoms with E-state index in [0.717, 1.165) is 29.1 Å². The number of nitriles is 1. The van der Waals surface area contributed by atoms with E-state index in [1.54, 1.807) is 20.8 Å². The molecule has 1 N–H and O–H groups in total. The van der Waals surface area contributed by atoms with E-state index in [9.17, 15) is 4.79 Å². The van der Waals surface area contributed by atoms with Crippen LogP contribution in [0, 0.1) is 25.2 Å². The Bertz CT molecular complexity index is 923. The quantitative estimate of drug-likeness (QED) is 0.672. The van der Waals surface area contributed by atoms with Crippen molar-refractivity contribution in [2.45, 2.75) is 85.4 Å². The van der Waals surface area contributed by atoms with Crippen molar-refractivity contribution in [3.8, 4) is 11.8 Å². The molecule has 5 heteroatoms. The first kappa shape index (κ1) is 24.8. The molecule has 1 saturated heterocycles. The third-order valence-corrected chi connectivity index (χ3v) is 5.74. The van der Waals surface area contributed by atoms with Crippen LogP contribution in [-0.2, 0) is 0 Å². The molecule has 5 nitrogen and oxygen atoms in total. The molecular formula is C26H37N3O2. The van der Waals surface area contributed by atoms with Gasteiger partial charge in [0.2, 0.25) is 0 Å². The Morgan fingerprint density at radius 3 is 2.29 bits per heavy atom. The van der Waals surface area contributed by atoms with E-state index in [4.69, 9.17) is 10.4 Å². The molecule has 2 aromatic rings. The van der Waals surface area contributed by atoms with Crippen molar-refractivity contribution < 1.29 is 9.90 Å². The standard InChI is InChI=1S/C22H27N3O.C4H10O/c1-5-19-9-6-15(2)24(19)14-22(26)21-12-16(3)25(17(21)4)20-10-7-18(13-23)8-11-20;1-4(2,3)5/h7-8,10-12,15,19H,5-6,9,14H2,1-4H3;5H,1-3H3. The highest BCUT2D eigenvalue weighted by Crippen LogP contribution is 2.27. The molecule has 31 heavy (non-hydrogen) atoms. The van der Waals surface area contributed by atoms with Crippen molar-refractivity contribution in [1.29, 1.82) is 5.26 Å². The van der Waals surface area contributed by atoms with E-state index in [-0.39, 0.29) is 5.78 Å². The molecule has 0 bridgehead atoms. The molecule has 2 unspecified atom stereocenters. The summed E-state index contributed by atoms with van der Waals surface area (Å²) in [6, 6.07) is 12.6. The molecule has 1 aliphatic heterocycles. The summed E-state index contributed by atoms with van der Waals surface area (Å²) in [7, 11) is 0. The second-order valence-corrected chi connectivity index (χ2v) is 9.53. The van der Waals surface area contributed by atoms with Gasteiger partial charge < -0.3 is 9.67 Å². The van der Waals surface area contributed by atoms with Crippen LogP contribution in [0.4, 0.5) is 0 Å². The Hall–Kier alpha value is -2.42. The monoisotopic (exact) mass is 423 g/mol. The first-order chi connectivity index (χ1) is 14.5. The third-order valence-electron chi connectivity index (χ3n) is 5.74. The molecule has 2 heterocycles. The molecule has 1 aliphatic rings. The van der Waals surface area contributed by atoms with Gasteiger partial charge in [0.15, 0.2) is 5.78 Å². The maximum absolute atomic E-state index is 13.0. The van der Waals surface area contributed by atoms with Crippen LogP contribution in [0.5, 0.6) is 0 Å². The minimum Gasteiger partial charge on any atom is -0.391 e. The number of hydrogen-bond donors (Lipinski definition) is 1. The summed E-state index contributed by atoms with van der Waals surface area (Å²) in [5.74, 6) is 0.199. The van der Waals surface area contributed by atoms with E-state index in [2.05, 4.69) is 29.4 Å². The Labute approximate surface area is 187 Å². The number of Topliss-reactive ketones (excluding diaryl/α,β-unsaturated/α-hetero) is 1. The van der Waals surface area contributed by atoms with Crippen LogP contribution in [0.1, 0.15) is 81.2 Å². The molecule has 0 amide bonds. The number of benzene rings is 1. The van der Waals surface area contributed by atoms with Crippen LogP contribution in [0.3, 0.4) is 0 Å². The minimum atomic E-state index is -0.500. The van der Waals surface area contributed by atoms with Crippen molar-refractivity contribution in [2.24, 2.45) is 0 Å². The van der Waals surface area contributed by atoms with Gasteiger partial charge in [-0.2, -0.15) is 5.26 Å². The van der Waals surface area contributed by atoms with Gasteiger partial charge in [0.1, 0.15) is 0 Å². The first-order valence-electron chi connectivity index (χ1n) is 11.2. The molecule has 0 spiro atoms. The Morgan fingerprint density at radius 2 is 1.77 bits per heavy atom. The highest BCUT2D eigenvalue weighted by atomic mass is 16.3. The van der Waals surface area contributed by atoms with Crippen LogP contribution in [0.25, 0.3) is 5.69 Å². The number of aryl methyl sites for hydroxylation is 1. The van der Waals surface area contributed by atoms with Crippen molar-refractivity contribution in [1.82, 2.24) is 9.47 Å². The van der Waals surface area contributed by atoms with Gasteiger partial charge >= 0.3 is 0 Å². The summed E-state index contributed by atoms with van der Waals surface area (Å²) < 4.78 is 2.10. The van der Waals surface area contributed by atoms with Crippen LogP contribution in [-0.4, -0.2) is 44.6 Å². The van der Waals surface area contributed by atoms with Crippen molar-refractivity contribution in [2.75, 3.05) is 6.54 Å². The average molecular weight is 424 g/mol. The summed E-state index contributed by atoms with van der Waals surface area (Å²) in [6.07, 6.45) is 3.47. The van der Waals surface area contributed by atoms with Crippen LogP contribution in [0.15, 0.2) is 30.3 Å². The lowest BCUT2D eigenvalue weighted by Crippen LogP contribution is -2.38. The normalized spacial score (nSPS) is 18.9.